The topological polar surface area (TPSA) is 58.0 Å². The van der Waals surface area contributed by atoms with E-state index < -0.39 is 0 Å². The first-order chi connectivity index (χ1) is 12.5. The minimum atomic E-state index is 0.385. The lowest BCUT2D eigenvalue weighted by molar-refractivity contribution is 0.204. The van der Waals surface area contributed by atoms with Crippen molar-refractivity contribution in [3.8, 4) is 11.6 Å². The lowest BCUT2D eigenvalue weighted by atomic mass is 9.91. The van der Waals surface area contributed by atoms with Crippen molar-refractivity contribution in [1.29, 1.82) is 0 Å². The summed E-state index contributed by atoms with van der Waals surface area (Å²) in [6, 6.07) is 8.53. The molecule has 2 aromatic rings. The Labute approximate surface area is 163 Å². The standard InChI is InChI=1S/C19H21Cl2N3O2/c1-12-7-13(2)11-24(10-12)19(23-25)14-3-6-18(22-9-14)26-17-8-15(20)4-5-16(17)21/h3-6,8-9,12-13,25H,7,10-11H2,1-2H3/b23-19-. The second-order valence-electron chi connectivity index (χ2n) is 6.84. The molecule has 0 radical (unpaired) electrons. The van der Waals surface area contributed by atoms with E-state index in [-0.39, 0.29) is 0 Å². The summed E-state index contributed by atoms with van der Waals surface area (Å²) >= 11 is 12.1. The number of rotatable bonds is 3. The molecule has 0 bridgehead atoms. The van der Waals surface area contributed by atoms with Gasteiger partial charge < -0.3 is 14.8 Å². The summed E-state index contributed by atoms with van der Waals surface area (Å²) in [7, 11) is 0. The van der Waals surface area contributed by atoms with Crippen LogP contribution >= 0.6 is 23.2 Å². The van der Waals surface area contributed by atoms with Gasteiger partial charge in [-0.2, -0.15) is 0 Å². The van der Waals surface area contributed by atoms with Crippen LogP contribution in [0.25, 0.3) is 0 Å². The SMILES string of the molecule is CC1CC(C)CN(/C(=N\O)c2ccc(Oc3cc(Cl)ccc3Cl)nc2)C1. The summed E-state index contributed by atoms with van der Waals surface area (Å²) in [5.74, 6) is 2.46. The molecular formula is C19H21Cl2N3O2. The molecule has 2 unspecified atom stereocenters. The first-order valence-corrected chi connectivity index (χ1v) is 9.28. The van der Waals surface area contributed by atoms with Crippen LogP contribution < -0.4 is 4.74 Å². The van der Waals surface area contributed by atoms with Crippen molar-refractivity contribution in [3.63, 3.8) is 0 Å². The molecule has 0 aliphatic carbocycles. The average molecular weight is 394 g/mol. The number of oxime groups is 1. The number of pyridine rings is 1. The van der Waals surface area contributed by atoms with Gasteiger partial charge in [0.1, 0.15) is 5.75 Å². The summed E-state index contributed by atoms with van der Waals surface area (Å²) in [5, 5.41) is 14.0. The summed E-state index contributed by atoms with van der Waals surface area (Å²) in [4.78, 5) is 6.41. The molecule has 1 aliphatic heterocycles. The summed E-state index contributed by atoms with van der Waals surface area (Å²) in [6.45, 7) is 6.14. The highest BCUT2D eigenvalue weighted by molar-refractivity contribution is 6.34. The van der Waals surface area contributed by atoms with Gasteiger partial charge in [0, 0.05) is 42.0 Å². The smallest absolute Gasteiger partial charge is 0.219 e. The number of amidine groups is 1. The van der Waals surface area contributed by atoms with Gasteiger partial charge in [-0.25, -0.2) is 4.98 Å². The zero-order chi connectivity index (χ0) is 18.7. The van der Waals surface area contributed by atoms with Gasteiger partial charge >= 0.3 is 0 Å². The summed E-state index contributed by atoms with van der Waals surface area (Å²) in [5.41, 5.74) is 0.735. The Morgan fingerprint density at radius 2 is 1.92 bits per heavy atom. The predicted molar refractivity (Wildman–Crippen MR) is 104 cm³/mol. The maximum atomic E-state index is 9.53. The average Bonchev–Trinajstić information content (AvgIpc) is 2.59. The van der Waals surface area contributed by atoms with E-state index in [0.29, 0.717) is 39.3 Å². The third kappa shape index (κ3) is 4.40. The molecule has 0 spiro atoms. The number of hydrogen-bond donors (Lipinski definition) is 1. The lowest BCUT2D eigenvalue weighted by Crippen LogP contribution is -2.43. The van der Waals surface area contributed by atoms with Gasteiger partial charge in [0.15, 0.2) is 5.84 Å². The van der Waals surface area contributed by atoms with Gasteiger partial charge in [0.2, 0.25) is 5.88 Å². The van der Waals surface area contributed by atoms with Crippen LogP contribution in [-0.4, -0.2) is 34.0 Å². The molecule has 7 heteroatoms. The molecule has 26 heavy (non-hydrogen) atoms. The zero-order valence-electron chi connectivity index (χ0n) is 14.7. The Balaban J connectivity index is 1.76. The normalized spacial score (nSPS) is 20.9. The molecule has 0 saturated carbocycles. The lowest BCUT2D eigenvalue weighted by Gasteiger charge is -2.36. The van der Waals surface area contributed by atoms with E-state index in [1.54, 1.807) is 30.5 Å². The maximum Gasteiger partial charge on any atom is 0.219 e. The van der Waals surface area contributed by atoms with Gasteiger partial charge in [0.25, 0.3) is 0 Å². The molecular weight excluding hydrogens is 373 g/mol. The minimum absolute atomic E-state index is 0.385. The van der Waals surface area contributed by atoms with Gasteiger partial charge in [-0.05, 0) is 36.5 Å². The van der Waals surface area contributed by atoms with Gasteiger partial charge in [-0.15, -0.1) is 0 Å². The molecule has 5 nitrogen and oxygen atoms in total. The van der Waals surface area contributed by atoms with Crippen molar-refractivity contribution in [3.05, 3.63) is 52.1 Å². The largest absolute Gasteiger partial charge is 0.437 e. The Morgan fingerprint density at radius 3 is 2.54 bits per heavy atom. The molecule has 138 valence electrons. The van der Waals surface area contributed by atoms with Crippen LogP contribution in [0.5, 0.6) is 11.6 Å². The predicted octanol–water partition coefficient (Wildman–Crippen LogP) is 5.29. The van der Waals surface area contributed by atoms with Crippen LogP contribution in [0, 0.1) is 11.8 Å². The van der Waals surface area contributed by atoms with E-state index in [0.717, 1.165) is 18.7 Å². The molecule has 1 N–H and O–H groups in total. The number of likely N-dealkylation sites (tertiary alicyclic amines) is 1. The van der Waals surface area contributed by atoms with Gasteiger partial charge in [-0.3, -0.25) is 0 Å². The van der Waals surface area contributed by atoms with E-state index in [1.807, 2.05) is 6.07 Å². The number of aromatic nitrogens is 1. The molecule has 1 aromatic carbocycles. The van der Waals surface area contributed by atoms with Crippen molar-refractivity contribution in [2.75, 3.05) is 13.1 Å². The molecule has 2 heterocycles. The molecule has 3 rings (SSSR count). The number of ether oxygens (including phenoxy) is 1. The fourth-order valence-corrected chi connectivity index (χ4v) is 3.70. The molecule has 1 aromatic heterocycles. The summed E-state index contributed by atoms with van der Waals surface area (Å²) in [6.07, 6.45) is 2.81. The number of hydrogen-bond acceptors (Lipinski definition) is 4. The number of piperidine rings is 1. The first kappa shape index (κ1) is 18.8. The van der Waals surface area contributed by atoms with E-state index in [2.05, 4.69) is 28.9 Å². The Hall–Kier alpha value is -1.98. The van der Waals surface area contributed by atoms with Crippen molar-refractivity contribution in [2.24, 2.45) is 17.0 Å². The second kappa shape index (κ2) is 8.14. The highest BCUT2D eigenvalue weighted by Gasteiger charge is 2.25. The zero-order valence-corrected chi connectivity index (χ0v) is 16.2. The quantitative estimate of drug-likeness (QED) is 0.332. The third-order valence-electron chi connectivity index (χ3n) is 4.37. The number of halogens is 2. The molecule has 0 amide bonds. The molecule has 1 aliphatic rings. The maximum absolute atomic E-state index is 9.53. The molecule has 1 saturated heterocycles. The Morgan fingerprint density at radius 1 is 1.19 bits per heavy atom. The molecule has 2 atom stereocenters. The highest BCUT2D eigenvalue weighted by Crippen LogP contribution is 2.31. The van der Waals surface area contributed by atoms with E-state index in [1.165, 1.54) is 6.42 Å². The number of nitrogens with zero attached hydrogens (tertiary/aromatic N) is 3. The van der Waals surface area contributed by atoms with Crippen molar-refractivity contribution < 1.29 is 9.94 Å². The second-order valence-corrected chi connectivity index (χ2v) is 7.68. The number of benzene rings is 1. The van der Waals surface area contributed by atoms with Crippen LogP contribution in [0.1, 0.15) is 25.8 Å². The van der Waals surface area contributed by atoms with Gasteiger partial charge in [-0.1, -0.05) is 42.2 Å². The van der Waals surface area contributed by atoms with E-state index >= 15 is 0 Å². The van der Waals surface area contributed by atoms with E-state index in [9.17, 15) is 5.21 Å². The first-order valence-electron chi connectivity index (χ1n) is 8.52. The summed E-state index contributed by atoms with van der Waals surface area (Å²) < 4.78 is 5.69. The van der Waals surface area contributed by atoms with Crippen LogP contribution in [0.4, 0.5) is 0 Å². The fourth-order valence-electron chi connectivity index (χ4n) is 3.38. The van der Waals surface area contributed by atoms with Crippen LogP contribution in [0.2, 0.25) is 10.0 Å². The minimum Gasteiger partial charge on any atom is -0.437 e. The fraction of sp³-hybridized carbons (Fsp3) is 0.368. The monoisotopic (exact) mass is 393 g/mol. The van der Waals surface area contributed by atoms with Crippen LogP contribution in [0.3, 0.4) is 0 Å². The van der Waals surface area contributed by atoms with Gasteiger partial charge in [0.05, 0.1) is 5.02 Å². The van der Waals surface area contributed by atoms with Crippen LogP contribution in [-0.2, 0) is 0 Å². The highest BCUT2D eigenvalue weighted by atomic mass is 35.5. The molecule has 1 fully saturated rings. The third-order valence-corrected chi connectivity index (χ3v) is 4.91. The Bertz CT molecular complexity index is 786. The van der Waals surface area contributed by atoms with Crippen LogP contribution in [0.15, 0.2) is 41.7 Å². The van der Waals surface area contributed by atoms with Crippen molar-refractivity contribution in [1.82, 2.24) is 9.88 Å². The van der Waals surface area contributed by atoms with E-state index in [4.69, 9.17) is 27.9 Å². The van der Waals surface area contributed by atoms with Crippen molar-refractivity contribution >= 4 is 29.0 Å². The van der Waals surface area contributed by atoms with Crippen molar-refractivity contribution in [2.45, 2.75) is 20.3 Å². The Kier molecular flexibility index (Phi) is 5.89.